The van der Waals surface area contributed by atoms with Crippen LogP contribution in [0, 0.1) is 5.92 Å². The molecule has 0 N–H and O–H groups in total. The van der Waals surface area contributed by atoms with Crippen molar-refractivity contribution < 1.29 is 0 Å². The summed E-state index contributed by atoms with van der Waals surface area (Å²) in [6.45, 7) is 9.26. The smallest absolute Gasteiger partial charge is 0.00987 e. The summed E-state index contributed by atoms with van der Waals surface area (Å²) in [6.07, 6.45) is 2.54. The molecule has 0 spiro atoms. The van der Waals surface area contributed by atoms with Crippen LogP contribution in [-0.2, 0) is 0 Å². The van der Waals surface area contributed by atoms with E-state index in [1.165, 1.54) is 25.9 Å². The van der Waals surface area contributed by atoms with Crippen LogP contribution in [0.3, 0.4) is 0 Å². The van der Waals surface area contributed by atoms with Crippen LogP contribution in [0.15, 0.2) is 0 Å². The van der Waals surface area contributed by atoms with Gasteiger partial charge in [0.2, 0.25) is 0 Å². The molecule has 0 aromatic rings. The number of hydrogen-bond acceptors (Lipinski definition) is 2. The Morgan fingerprint density at radius 3 is 2.00 bits per heavy atom. The Morgan fingerprint density at radius 1 is 1.07 bits per heavy atom. The van der Waals surface area contributed by atoms with Gasteiger partial charge in [-0.05, 0) is 46.4 Å². The molecule has 0 aliphatic rings. The molecule has 0 radical (unpaired) electrons. The van der Waals surface area contributed by atoms with Crippen LogP contribution >= 0.6 is 0 Å². The van der Waals surface area contributed by atoms with Crippen molar-refractivity contribution in [2.75, 3.05) is 34.2 Å². The van der Waals surface area contributed by atoms with Crippen molar-refractivity contribution in [1.29, 1.82) is 0 Å². The molecular weight excluding hydrogens is 172 g/mol. The van der Waals surface area contributed by atoms with Gasteiger partial charge in [-0.15, -0.1) is 0 Å². The minimum atomic E-state index is 0.740. The van der Waals surface area contributed by atoms with Gasteiger partial charge in [-0.25, -0.2) is 0 Å². The molecule has 86 valence electrons. The van der Waals surface area contributed by atoms with E-state index in [1.807, 2.05) is 0 Å². The molecule has 0 bridgehead atoms. The highest BCUT2D eigenvalue weighted by Gasteiger charge is 2.10. The van der Waals surface area contributed by atoms with Crippen LogP contribution in [0.2, 0.25) is 0 Å². The van der Waals surface area contributed by atoms with Crippen molar-refractivity contribution in [2.24, 2.45) is 5.92 Å². The van der Waals surface area contributed by atoms with E-state index >= 15 is 0 Å². The Hall–Kier alpha value is -0.0800. The van der Waals surface area contributed by atoms with Crippen molar-refractivity contribution in [3.8, 4) is 0 Å². The first-order valence-electron chi connectivity index (χ1n) is 5.82. The second kappa shape index (κ2) is 7.24. The van der Waals surface area contributed by atoms with Crippen molar-refractivity contribution in [3.63, 3.8) is 0 Å². The largest absolute Gasteiger partial charge is 0.306 e. The summed E-state index contributed by atoms with van der Waals surface area (Å²) in [7, 11) is 6.58. The Balaban J connectivity index is 3.68. The summed E-state index contributed by atoms with van der Waals surface area (Å²) in [6, 6.07) is 0.740. The fourth-order valence-electron chi connectivity index (χ4n) is 1.91. The van der Waals surface area contributed by atoms with Crippen molar-refractivity contribution >= 4 is 0 Å². The highest BCUT2D eigenvalue weighted by atomic mass is 15.1. The van der Waals surface area contributed by atoms with Crippen molar-refractivity contribution in [3.05, 3.63) is 0 Å². The van der Waals surface area contributed by atoms with Gasteiger partial charge in [-0.2, -0.15) is 0 Å². The first kappa shape index (κ1) is 13.9. The fraction of sp³-hybridized carbons (Fsp3) is 1.00. The zero-order valence-corrected chi connectivity index (χ0v) is 10.9. The third kappa shape index (κ3) is 6.39. The Kier molecular flexibility index (Phi) is 7.20. The van der Waals surface area contributed by atoms with Crippen LogP contribution < -0.4 is 0 Å². The van der Waals surface area contributed by atoms with E-state index in [4.69, 9.17) is 0 Å². The van der Waals surface area contributed by atoms with Crippen LogP contribution in [0.25, 0.3) is 0 Å². The maximum Gasteiger partial charge on any atom is 0.00987 e. The maximum atomic E-state index is 2.44. The molecule has 1 unspecified atom stereocenters. The lowest BCUT2D eigenvalue weighted by molar-refractivity contribution is 0.221. The monoisotopic (exact) mass is 200 g/mol. The second-order valence-corrected chi connectivity index (χ2v) is 4.97. The summed E-state index contributed by atoms with van der Waals surface area (Å²) in [5.74, 6) is 0.777. The van der Waals surface area contributed by atoms with E-state index in [2.05, 4.69) is 51.7 Å². The average Bonchev–Trinajstić information content (AvgIpc) is 2.03. The molecular formula is C12H28N2. The Labute approximate surface area is 90.3 Å². The Bertz CT molecular complexity index is 132. The van der Waals surface area contributed by atoms with E-state index in [-0.39, 0.29) is 0 Å². The van der Waals surface area contributed by atoms with Gasteiger partial charge in [0, 0.05) is 12.6 Å². The van der Waals surface area contributed by atoms with Crippen LogP contribution in [0.4, 0.5) is 0 Å². The van der Waals surface area contributed by atoms with Gasteiger partial charge in [0.1, 0.15) is 0 Å². The first-order valence-corrected chi connectivity index (χ1v) is 5.82. The lowest BCUT2D eigenvalue weighted by atomic mass is 10.1. The molecule has 0 saturated heterocycles. The fourth-order valence-corrected chi connectivity index (χ4v) is 1.91. The number of nitrogens with zero attached hydrogens (tertiary/aromatic N) is 2. The molecule has 0 aromatic heterocycles. The second-order valence-electron chi connectivity index (χ2n) is 4.97. The average molecular weight is 200 g/mol. The molecule has 0 aliphatic carbocycles. The standard InChI is InChI=1S/C12H28N2/c1-7-12(13(4)5)8-9-14(6)10-11(2)3/h11-12H,7-10H2,1-6H3. The highest BCUT2D eigenvalue weighted by molar-refractivity contribution is 4.66. The van der Waals surface area contributed by atoms with E-state index in [0.29, 0.717) is 0 Å². The van der Waals surface area contributed by atoms with Crippen LogP contribution in [-0.4, -0.2) is 50.1 Å². The minimum absolute atomic E-state index is 0.740. The lowest BCUT2D eigenvalue weighted by Crippen LogP contribution is -2.33. The molecule has 0 rings (SSSR count). The molecule has 2 nitrogen and oxygen atoms in total. The van der Waals surface area contributed by atoms with Gasteiger partial charge in [0.15, 0.2) is 0 Å². The quantitative estimate of drug-likeness (QED) is 0.622. The molecule has 0 heterocycles. The van der Waals surface area contributed by atoms with E-state index in [0.717, 1.165) is 12.0 Å². The van der Waals surface area contributed by atoms with Gasteiger partial charge < -0.3 is 9.80 Å². The third-order valence-corrected chi connectivity index (χ3v) is 2.72. The molecule has 2 heteroatoms. The van der Waals surface area contributed by atoms with Gasteiger partial charge in [-0.1, -0.05) is 20.8 Å². The van der Waals surface area contributed by atoms with Crippen molar-refractivity contribution in [2.45, 2.75) is 39.7 Å². The zero-order valence-electron chi connectivity index (χ0n) is 10.9. The SMILES string of the molecule is CCC(CCN(C)CC(C)C)N(C)C. The van der Waals surface area contributed by atoms with Gasteiger partial charge in [0.05, 0.1) is 0 Å². The predicted molar refractivity (Wildman–Crippen MR) is 64.7 cm³/mol. The number of rotatable bonds is 7. The molecule has 14 heavy (non-hydrogen) atoms. The van der Waals surface area contributed by atoms with E-state index in [9.17, 15) is 0 Å². The van der Waals surface area contributed by atoms with E-state index in [1.54, 1.807) is 0 Å². The first-order chi connectivity index (χ1) is 6.47. The van der Waals surface area contributed by atoms with E-state index < -0.39 is 0 Å². The zero-order chi connectivity index (χ0) is 11.1. The summed E-state index contributed by atoms with van der Waals surface area (Å²) >= 11 is 0. The van der Waals surface area contributed by atoms with Crippen LogP contribution in [0.5, 0.6) is 0 Å². The molecule has 0 aliphatic heterocycles. The summed E-state index contributed by atoms with van der Waals surface area (Å²) < 4.78 is 0. The molecule has 0 amide bonds. The summed E-state index contributed by atoms with van der Waals surface area (Å²) in [4.78, 5) is 4.78. The normalized spacial score (nSPS) is 14.4. The lowest BCUT2D eigenvalue weighted by Gasteiger charge is -2.26. The summed E-state index contributed by atoms with van der Waals surface area (Å²) in [5.41, 5.74) is 0. The number of hydrogen-bond donors (Lipinski definition) is 0. The molecule has 0 aromatic carbocycles. The Morgan fingerprint density at radius 2 is 1.64 bits per heavy atom. The molecule has 0 saturated carbocycles. The van der Waals surface area contributed by atoms with Gasteiger partial charge in [-0.3, -0.25) is 0 Å². The third-order valence-electron chi connectivity index (χ3n) is 2.72. The minimum Gasteiger partial charge on any atom is -0.306 e. The van der Waals surface area contributed by atoms with Gasteiger partial charge in [0.25, 0.3) is 0 Å². The summed E-state index contributed by atoms with van der Waals surface area (Å²) in [5, 5.41) is 0. The molecule has 0 fully saturated rings. The van der Waals surface area contributed by atoms with Gasteiger partial charge >= 0.3 is 0 Å². The topological polar surface area (TPSA) is 6.48 Å². The predicted octanol–water partition coefficient (Wildman–Crippen LogP) is 2.30. The molecule has 1 atom stereocenters. The van der Waals surface area contributed by atoms with Crippen molar-refractivity contribution in [1.82, 2.24) is 9.80 Å². The maximum absolute atomic E-state index is 2.44. The highest BCUT2D eigenvalue weighted by Crippen LogP contribution is 2.06. The van der Waals surface area contributed by atoms with Crippen LogP contribution in [0.1, 0.15) is 33.6 Å².